The van der Waals surface area contributed by atoms with Crippen LogP contribution in [-0.2, 0) is 9.53 Å². The van der Waals surface area contributed by atoms with Gasteiger partial charge in [0.25, 0.3) is 0 Å². The van der Waals surface area contributed by atoms with Crippen LogP contribution in [-0.4, -0.2) is 42.6 Å². The summed E-state index contributed by atoms with van der Waals surface area (Å²) in [5.41, 5.74) is 7.11. The number of carbonyl (C=O) groups is 1. The molecule has 5 heteroatoms. The maximum absolute atomic E-state index is 12.1. The van der Waals surface area contributed by atoms with Crippen molar-refractivity contribution in [1.29, 1.82) is 0 Å². The molecule has 0 radical (unpaired) electrons. The minimum Gasteiger partial charge on any atom is -0.397 e. The molecule has 1 heterocycles. The zero-order chi connectivity index (χ0) is 15.2. The van der Waals surface area contributed by atoms with Crippen molar-refractivity contribution in [2.45, 2.75) is 38.8 Å². The summed E-state index contributed by atoms with van der Waals surface area (Å²) in [5.74, 6) is 0.00176. The Balaban J connectivity index is 1.84. The minimum atomic E-state index is 0.00176. The number of para-hydroxylation sites is 2. The Hall–Kier alpha value is -1.59. The first-order valence-corrected chi connectivity index (χ1v) is 7.60. The molecule has 0 bridgehead atoms. The van der Waals surface area contributed by atoms with Gasteiger partial charge in [0.05, 0.1) is 24.1 Å². The zero-order valence-electron chi connectivity index (χ0n) is 12.8. The summed E-state index contributed by atoms with van der Waals surface area (Å²) in [6.45, 7) is 6.63. The third-order valence-electron chi connectivity index (χ3n) is 3.91. The molecule has 0 aromatic heterocycles. The van der Waals surface area contributed by atoms with Gasteiger partial charge in [-0.05, 0) is 25.5 Å². The van der Waals surface area contributed by atoms with E-state index in [1.165, 1.54) is 0 Å². The molecule has 2 unspecified atom stereocenters. The van der Waals surface area contributed by atoms with E-state index in [1.807, 2.05) is 18.2 Å². The van der Waals surface area contributed by atoms with Crippen molar-refractivity contribution < 1.29 is 9.53 Å². The Bertz CT molecular complexity index is 478. The summed E-state index contributed by atoms with van der Waals surface area (Å²) in [6, 6.07) is 7.73. The van der Waals surface area contributed by atoms with Gasteiger partial charge < -0.3 is 15.8 Å². The van der Waals surface area contributed by atoms with Crippen LogP contribution in [0.15, 0.2) is 24.3 Å². The fraction of sp³-hybridized carbons (Fsp3) is 0.562. The number of nitrogens with zero attached hydrogens (tertiary/aromatic N) is 1. The lowest BCUT2D eigenvalue weighted by atomic mass is 10.1. The monoisotopic (exact) mass is 291 g/mol. The number of carbonyl (C=O) groups excluding carboxylic acids is 1. The van der Waals surface area contributed by atoms with Gasteiger partial charge in [-0.25, -0.2) is 0 Å². The second-order valence-electron chi connectivity index (χ2n) is 5.59. The maximum atomic E-state index is 12.1. The minimum absolute atomic E-state index is 0.00176. The second-order valence-corrected chi connectivity index (χ2v) is 5.59. The van der Waals surface area contributed by atoms with Crippen LogP contribution in [0.4, 0.5) is 11.4 Å². The van der Waals surface area contributed by atoms with Crippen LogP contribution in [0.5, 0.6) is 0 Å². The molecule has 1 aliphatic rings. The number of amides is 1. The first-order chi connectivity index (χ1) is 10.1. The van der Waals surface area contributed by atoms with Gasteiger partial charge in [-0.3, -0.25) is 9.69 Å². The molecule has 1 amide bonds. The van der Waals surface area contributed by atoms with Crippen LogP contribution >= 0.6 is 0 Å². The number of morpholine rings is 1. The third kappa shape index (κ3) is 4.44. The lowest BCUT2D eigenvalue weighted by Crippen LogP contribution is -2.49. The molecular formula is C16H25N3O2. The van der Waals surface area contributed by atoms with Crippen LogP contribution in [0.3, 0.4) is 0 Å². The fourth-order valence-corrected chi connectivity index (χ4v) is 2.63. The average Bonchev–Trinajstić information content (AvgIpc) is 2.48. The highest BCUT2D eigenvalue weighted by Crippen LogP contribution is 2.18. The van der Waals surface area contributed by atoms with Crippen LogP contribution in [0.2, 0.25) is 0 Å². The van der Waals surface area contributed by atoms with E-state index in [0.717, 1.165) is 26.1 Å². The average molecular weight is 291 g/mol. The normalized spacial score (nSPS) is 23.0. The van der Waals surface area contributed by atoms with E-state index < -0.39 is 0 Å². The van der Waals surface area contributed by atoms with Crippen LogP contribution in [0.1, 0.15) is 26.7 Å². The molecule has 0 aliphatic carbocycles. The molecule has 1 aliphatic heterocycles. The number of rotatable bonds is 5. The first kappa shape index (κ1) is 15.8. The quantitative estimate of drug-likeness (QED) is 0.815. The lowest BCUT2D eigenvalue weighted by molar-refractivity contribution is -0.117. The number of ether oxygens (including phenoxy) is 1. The van der Waals surface area contributed by atoms with Crippen molar-refractivity contribution in [2.24, 2.45) is 0 Å². The summed E-state index contributed by atoms with van der Waals surface area (Å²) in [7, 11) is 0. The summed E-state index contributed by atoms with van der Waals surface area (Å²) in [4.78, 5) is 14.4. The molecule has 21 heavy (non-hydrogen) atoms. The van der Waals surface area contributed by atoms with Gasteiger partial charge in [0.2, 0.25) is 5.91 Å². The standard InChI is InChI=1S/C16H25N3O2/c1-3-13-11-21-12(2)10-19(13)9-8-16(20)18-15-7-5-4-6-14(15)17/h4-7,12-13H,3,8-11,17H2,1-2H3,(H,18,20). The van der Waals surface area contributed by atoms with E-state index in [-0.39, 0.29) is 12.0 Å². The predicted octanol–water partition coefficient (Wildman–Crippen LogP) is 2.10. The van der Waals surface area contributed by atoms with Crippen molar-refractivity contribution >= 4 is 17.3 Å². The predicted molar refractivity (Wildman–Crippen MR) is 85.2 cm³/mol. The van der Waals surface area contributed by atoms with Gasteiger partial charge in [-0.1, -0.05) is 19.1 Å². The van der Waals surface area contributed by atoms with Gasteiger partial charge >= 0.3 is 0 Å². The smallest absolute Gasteiger partial charge is 0.225 e. The topological polar surface area (TPSA) is 67.6 Å². The molecule has 2 rings (SSSR count). The Morgan fingerprint density at radius 3 is 2.95 bits per heavy atom. The van der Waals surface area contributed by atoms with Crippen molar-refractivity contribution in [2.75, 3.05) is 30.7 Å². The summed E-state index contributed by atoms with van der Waals surface area (Å²) >= 11 is 0. The molecule has 3 N–H and O–H groups in total. The van der Waals surface area contributed by atoms with Gasteiger partial charge in [0.15, 0.2) is 0 Å². The van der Waals surface area contributed by atoms with Crippen molar-refractivity contribution in [3.05, 3.63) is 24.3 Å². The number of benzene rings is 1. The first-order valence-electron chi connectivity index (χ1n) is 7.60. The number of nitrogens with two attached hydrogens (primary N) is 1. The molecule has 2 atom stereocenters. The summed E-state index contributed by atoms with van der Waals surface area (Å²) < 4.78 is 5.67. The number of nitrogens with one attached hydrogen (secondary N) is 1. The van der Waals surface area contributed by atoms with Crippen molar-refractivity contribution in [3.63, 3.8) is 0 Å². The van der Waals surface area contributed by atoms with E-state index >= 15 is 0 Å². The van der Waals surface area contributed by atoms with Crippen LogP contribution in [0, 0.1) is 0 Å². The molecule has 1 saturated heterocycles. The second kappa shape index (κ2) is 7.43. The zero-order valence-corrected chi connectivity index (χ0v) is 12.8. The molecule has 1 aromatic carbocycles. The van der Waals surface area contributed by atoms with Crippen LogP contribution < -0.4 is 11.1 Å². The molecule has 5 nitrogen and oxygen atoms in total. The highest BCUT2D eigenvalue weighted by atomic mass is 16.5. The lowest BCUT2D eigenvalue weighted by Gasteiger charge is -2.38. The van der Waals surface area contributed by atoms with E-state index in [4.69, 9.17) is 10.5 Å². The van der Waals surface area contributed by atoms with E-state index in [2.05, 4.69) is 24.1 Å². The largest absolute Gasteiger partial charge is 0.397 e. The molecular weight excluding hydrogens is 266 g/mol. The van der Waals surface area contributed by atoms with Crippen molar-refractivity contribution in [3.8, 4) is 0 Å². The third-order valence-corrected chi connectivity index (χ3v) is 3.91. The molecule has 116 valence electrons. The molecule has 1 fully saturated rings. The number of anilines is 2. The Morgan fingerprint density at radius 1 is 1.48 bits per heavy atom. The maximum Gasteiger partial charge on any atom is 0.225 e. The highest BCUT2D eigenvalue weighted by Gasteiger charge is 2.25. The molecule has 0 spiro atoms. The van der Waals surface area contributed by atoms with Crippen LogP contribution in [0.25, 0.3) is 0 Å². The molecule has 1 aromatic rings. The van der Waals surface area contributed by atoms with Gasteiger partial charge in [-0.15, -0.1) is 0 Å². The van der Waals surface area contributed by atoms with E-state index in [9.17, 15) is 4.79 Å². The Labute approximate surface area is 126 Å². The Kier molecular flexibility index (Phi) is 5.59. The number of hydrogen-bond acceptors (Lipinski definition) is 4. The van der Waals surface area contributed by atoms with Gasteiger partial charge in [0.1, 0.15) is 0 Å². The SMILES string of the molecule is CCC1COC(C)CN1CCC(=O)Nc1ccccc1N. The summed E-state index contributed by atoms with van der Waals surface area (Å²) in [6.07, 6.45) is 1.75. The number of nitrogen functional groups attached to an aromatic ring is 1. The van der Waals surface area contributed by atoms with E-state index in [1.54, 1.807) is 6.07 Å². The van der Waals surface area contributed by atoms with Gasteiger partial charge in [-0.2, -0.15) is 0 Å². The molecule has 0 saturated carbocycles. The summed E-state index contributed by atoms with van der Waals surface area (Å²) in [5, 5.41) is 2.87. The highest BCUT2D eigenvalue weighted by molar-refractivity contribution is 5.93. The van der Waals surface area contributed by atoms with Gasteiger partial charge in [0, 0.05) is 25.6 Å². The van der Waals surface area contributed by atoms with E-state index in [0.29, 0.717) is 23.8 Å². The number of hydrogen-bond donors (Lipinski definition) is 2. The Morgan fingerprint density at radius 2 is 2.24 bits per heavy atom. The fourth-order valence-electron chi connectivity index (χ4n) is 2.63. The van der Waals surface area contributed by atoms with Crippen molar-refractivity contribution in [1.82, 2.24) is 4.90 Å².